The number of hydrogen-bond acceptors (Lipinski definition) is 4. The lowest BCUT2D eigenvalue weighted by molar-refractivity contribution is 0.185. The second-order valence-electron chi connectivity index (χ2n) is 5.79. The van der Waals surface area contributed by atoms with Gasteiger partial charge in [-0.15, -0.1) is 0 Å². The van der Waals surface area contributed by atoms with Gasteiger partial charge in [-0.3, -0.25) is 4.79 Å². The molecule has 19 heavy (non-hydrogen) atoms. The van der Waals surface area contributed by atoms with Gasteiger partial charge in [-0.25, -0.2) is 4.68 Å². The van der Waals surface area contributed by atoms with Crippen molar-refractivity contribution in [1.82, 2.24) is 9.78 Å². The Hall–Kier alpha value is -1.07. The number of anilines is 1. The molecule has 0 spiro atoms. The van der Waals surface area contributed by atoms with Crippen LogP contribution in [0, 0.1) is 5.92 Å². The van der Waals surface area contributed by atoms with Crippen molar-refractivity contribution >= 4 is 17.3 Å². The molecule has 1 saturated heterocycles. The van der Waals surface area contributed by atoms with Crippen molar-refractivity contribution in [3.63, 3.8) is 0 Å². The van der Waals surface area contributed by atoms with Crippen molar-refractivity contribution in [1.29, 1.82) is 0 Å². The predicted molar refractivity (Wildman–Crippen MR) is 73.7 cm³/mol. The molecule has 0 bridgehead atoms. The van der Waals surface area contributed by atoms with E-state index in [2.05, 4.69) is 10.4 Å². The highest BCUT2D eigenvalue weighted by Crippen LogP contribution is 2.30. The minimum atomic E-state index is -0.221. The van der Waals surface area contributed by atoms with Crippen LogP contribution in [0.1, 0.15) is 26.2 Å². The second-order valence-corrected chi connectivity index (χ2v) is 6.19. The zero-order chi connectivity index (χ0) is 13.5. The molecule has 6 heteroatoms. The Kier molecular flexibility index (Phi) is 3.27. The van der Waals surface area contributed by atoms with E-state index >= 15 is 0 Å². The lowest BCUT2D eigenvalue weighted by Gasteiger charge is -2.25. The van der Waals surface area contributed by atoms with Gasteiger partial charge in [0.1, 0.15) is 5.69 Å². The lowest BCUT2D eigenvalue weighted by atomic mass is 10.0. The zero-order valence-electron chi connectivity index (χ0n) is 11.0. The van der Waals surface area contributed by atoms with Gasteiger partial charge < -0.3 is 10.1 Å². The summed E-state index contributed by atoms with van der Waals surface area (Å²) in [5, 5.41) is 7.75. The first-order valence-corrected chi connectivity index (χ1v) is 7.07. The first-order chi connectivity index (χ1) is 9.07. The maximum absolute atomic E-state index is 12.4. The van der Waals surface area contributed by atoms with Crippen molar-refractivity contribution < 1.29 is 4.74 Å². The summed E-state index contributed by atoms with van der Waals surface area (Å²) in [7, 11) is 0. The molecule has 2 aliphatic rings. The van der Waals surface area contributed by atoms with Crippen LogP contribution in [0.2, 0.25) is 5.02 Å². The summed E-state index contributed by atoms with van der Waals surface area (Å²) < 4.78 is 6.91. The number of halogens is 1. The number of nitrogens with one attached hydrogen (secondary N) is 1. The van der Waals surface area contributed by atoms with Crippen LogP contribution in [-0.2, 0) is 11.3 Å². The molecule has 5 nitrogen and oxygen atoms in total. The smallest absolute Gasteiger partial charge is 0.291 e. The molecule has 1 unspecified atom stereocenters. The Bertz CT molecular complexity index is 533. The molecular formula is C13H18ClN3O2. The van der Waals surface area contributed by atoms with E-state index in [1.807, 2.05) is 6.92 Å². The van der Waals surface area contributed by atoms with Crippen LogP contribution in [0.4, 0.5) is 5.69 Å². The summed E-state index contributed by atoms with van der Waals surface area (Å²) in [6.07, 6.45) is 4.79. The van der Waals surface area contributed by atoms with Crippen LogP contribution >= 0.6 is 11.6 Å². The Morgan fingerprint density at radius 3 is 3.05 bits per heavy atom. The first-order valence-electron chi connectivity index (χ1n) is 6.69. The molecule has 1 saturated carbocycles. The quantitative estimate of drug-likeness (QED) is 0.917. The maximum Gasteiger partial charge on any atom is 0.291 e. The molecular weight excluding hydrogens is 266 g/mol. The Morgan fingerprint density at radius 1 is 1.63 bits per heavy atom. The third-order valence-electron chi connectivity index (χ3n) is 3.77. The van der Waals surface area contributed by atoms with E-state index in [0.717, 1.165) is 6.42 Å². The van der Waals surface area contributed by atoms with Gasteiger partial charge in [0, 0.05) is 13.2 Å². The Morgan fingerprint density at radius 2 is 2.42 bits per heavy atom. The first kappa shape index (κ1) is 12.9. The van der Waals surface area contributed by atoms with Crippen LogP contribution in [-0.4, -0.2) is 28.5 Å². The zero-order valence-corrected chi connectivity index (χ0v) is 11.7. The number of aromatic nitrogens is 2. The van der Waals surface area contributed by atoms with E-state index in [4.69, 9.17) is 16.3 Å². The molecule has 0 amide bonds. The number of ether oxygens (including phenoxy) is 1. The van der Waals surface area contributed by atoms with E-state index in [-0.39, 0.29) is 11.1 Å². The van der Waals surface area contributed by atoms with Gasteiger partial charge in [-0.05, 0) is 32.1 Å². The Balaban J connectivity index is 1.88. The molecule has 104 valence electrons. The third kappa shape index (κ3) is 2.77. The van der Waals surface area contributed by atoms with E-state index < -0.39 is 0 Å². The average molecular weight is 284 g/mol. The standard InChI is InChI=1S/C13H18ClN3O2/c1-13(4-5-19-8-13)16-11-10(14)6-15-17(12(11)18)7-9-2-3-9/h6,9,16H,2-5,7-8H2,1H3. The maximum atomic E-state index is 12.4. The molecule has 1 aromatic heterocycles. The highest BCUT2D eigenvalue weighted by atomic mass is 35.5. The van der Waals surface area contributed by atoms with Gasteiger partial charge in [0.2, 0.25) is 0 Å². The van der Waals surface area contributed by atoms with Crippen LogP contribution in [0.15, 0.2) is 11.0 Å². The van der Waals surface area contributed by atoms with Crippen LogP contribution in [0.25, 0.3) is 0 Å². The van der Waals surface area contributed by atoms with Gasteiger partial charge in [-0.2, -0.15) is 5.10 Å². The molecule has 3 rings (SSSR count). The highest BCUT2D eigenvalue weighted by Gasteiger charge is 2.31. The number of hydrogen-bond donors (Lipinski definition) is 1. The molecule has 2 heterocycles. The van der Waals surface area contributed by atoms with E-state index in [1.54, 1.807) is 6.20 Å². The fourth-order valence-electron chi connectivity index (χ4n) is 2.32. The minimum absolute atomic E-state index is 0.132. The van der Waals surface area contributed by atoms with Gasteiger partial charge >= 0.3 is 0 Å². The molecule has 1 atom stereocenters. The fraction of sp³-hybridized carbons (Fsp3) is 0.692. The van der Waals surface area contributed by atoms with Crippen molar-refractivity contribution in [2.24, 2.45) is 5.92 Å². The van der Waals surface area contributed by atoms with Crippen LogP contribution in [0.3, 0.4) is 0 Å². The minimum Gasteiger partial charge on any atom is -0.379 e. The van der Waals surface area contributed by atoms with Crippen molar-refractivity contribution in [2.45, 2.75) is 38.3 Å². The third-order valence-corrected chi connectivity index (χ3v) is 4.06. The van der Waals surface area contributed by atoms with Crippen molar-refractivity contribution in [2.75, 3.05) is 18.5 Å². The fourth-order valence-corrected chi connectivity index (χ4v) is 2.50. The molecule has 0 radical (unpaired) electrons. The molecule has 1 N–H and O–H groups in total. The van der Waals surface area contributed by atoms with Crippen LogP contribution in [0.5, 0.6) is 0 Å². The lowest BCUT2D eigenvalue weighted by Crippen LogP contribution is -2.39. The summed E-state index contributed by atoms with van der Waals surface area (Å²) >= 11 is 6.11. The monoisotopic (exact) mass is 283 g/mol. The summed E-state index contributed by atoms with van der Waals surface area (Å²) in [4.78, 5) is 12.4. The van der Waals surface area contributed by atoms with E-state index in [9.17, 15) is 4.79 Å². The van der Waals surface area contributed by atoms with Gasteiger partial charge in [0.15, 0.2) is 0 Å². The molecule has 1 aromatic rings. The topological polar surface area (TPSA) is 56.2 Å². The number of nitrogens with zero attached hydrogens (tertiary/aromatic N) is 2. The summed E-state index contributed by atoms with van der Waals surface area (Å²) in [5.74, 6) is 0.602. The molecule has 1 aliphatic heterocycles. The summed E-state index contributed by atoms with van der Waals surface area (Å²) in [5.41, 5.74) is 0.0968. The average Bonchev–Trinajstić information content (AvgIpc) is 3.10. The van der Waals surface area contributed by atoms with Crippen molar-refractivity contribution in [3.8, 4) is 0 Å². The van der Waals surface area contributed by atoms with Crippen LogP contribution < -0.4 is 10.9 Å². The highest BCUT2D eigenvalue weighted by molar-refractivity contribution is 6.33. The summed E-state index contributed by atoms with van der Waals surface area (Å²) in [6, 6.07) is 0. The van der Waals surface area contributed by atoms with E-state index in [0.29, 0.717) is 36.4 Å². The largest absolute Gasteiger partial charge is 0.379 e. The molecule has 1 aliphatic carbocycles. The SMILES string of the molecule is CC1(Nc2c(Cl)cnn(CC3CC3)c2=O)CCOC1. The Labute approximate surface area is 116 Å². The predicted octanol–water partition coefficient (Wildman–Crippen LogP) is 1.90. The van der Waals surface area contributed by atoms with Crippen molar-refractivity contribution in [3.05, 3.63) is 21.6 Å². The summed E-state index contributed by atoms with van der Waals surface area (Å²) in [6.45, 7) is 4.04. The molecule has 0 aromatic carbocycles. The van der Waals surface area contributed by atoms with Gasteiger partial charge in [-0.1, -0.05) is 11.6 Å². The number of rotatable bonds is 4. The normalized spacial score (nSPS) is 26.6. The van der Waals surface area contributed by atoms with Gasteiger partial charge in [0.05, 0.1) is 23.4 Å². The van der Waals surface area contributed by atoms with Gasteiger partial charge in [0.25, 0.3) is 5.56 Å². The van der Waals surface area contributed by atoms with E-state index in [1.165, 1.54) is 17.5 Å². The second kappa shape index (κ2) is 4.80. The molecule has 2 fully saturated rings.